The molecule has 2 aromatic heterocycles. The quantitative estimate of drug-likeness (QED) is 0.164. The standard InChI is InChI=1S/C52H33NS2/c1-2-10-34(11-3-1)35-20-26-39(27-21-35)53(40-28-22-37(23-29-40)43-16-8-13-36-12-4-5-14-42(36)43)41-30-24-38(25-31-41)44-17-9-19-48-50(44)51-49(54-48)33-32-46-45-15-6-7-18-47(45)55-52(46)51/h1-33H. The summed E-state index contributed by atoms with van der Waals surface area (Å²) in [5.41, 5.74) is 10.7. The maximum atomic E-state index is 2.37. The zero-order valence-corrected chi connectivity index (χ0v) is 31.4. The average molecular weight is 736 g/mol. The van der Waals surface area contributed by atoms with E-state index in [0.717, 1.165) is 17.1 Å². The molecule has 9 aromatic carbocycles. The molecule has 0 radical (unpaired) electrons. The Morgan fingerprint density at radius 3 is 1.56 bits per heavy atom. The Balaban J connectivity index is 1.02. The lowest BCUT2D eigenvalue weighted by atomic mass is 9.97. The molecule has 0 aliphatic carbocycles. The topological polar surface area (TPSA) is 3.24 Å². The summed E-state index contributed by atoms with van der Waals surface area (Å²) >= 11 is 3.81. The monoisotopic (exact) mass is 735 g/mol. The van der Waals surface area contributed by atoms with Crippen molar-refractivity contribution in [3.63, 3.8) is 0 Å². The van der Waals surface area contributed by atoms with Gasteiger partial charge in [-0.2, -0.15) is 0 Å². The zero-order valence-electron chi connectivity index (χ0n) is 29.8. The summed E-state index contributed by atoms with van der Waals surface area (Å²) in [6.07, 6.45) is 0. The van der Waals surface area contributed by atoms with E-state index in [-0.39, 0.29) is 0 Å². The minimum atomic E-state index is 1.11. The lowest BCUT2D eigenvalue weighted by molar-refractivity contribution is 1.28. The van der Waals surface area contributed by atoms with Crippen molar-refractivity contribution in [3.8, 4) is 33.4 Å². The van der Waals surface area contributed by atoms with Gasteiger partial charge in [-0.3, -0.25) is 0 Å². The Bertz CT molecular complexity index is 3170. The van der Waals surface area contributed by atoms with Crippen LogP contribution in [0.5, 0.6) is 0 Å². The fourth-order valence-corrected chi connectivity index (χ4v) is 10.7. The van der Waals surface area contributed by atoms with E-state index < -0.39 is 0 Å². The SMILES string of the molecule is c1ccc(-c2ccc(N(c3ccc(-c4cccc5ccccc45)cc3)c3ccc(-c4cccc5sc6ccc7c8ccccc8sc7c6c45)cc3)cc2)cc1. The summed E-state index contributed by atoms with van der Waals surface area (Å²) in [7, 11) is 0. The molecule has 0 bridgehead atoms. The van der Waals surface area contributed by atoms with Crippen LogP contribution in [-0.4, -0.2) is 0 Å². The van der Waals surface area contributed by atoms with E-state index in [9.17, 15) is 0 Å². The van der Waals surface area contributed by atoms with E-state index in [0.29, 0.717) is 0 Å². The molecule has 0 spiro atoms. The summed E-state index contributed by atoms with van der Waals surface area (Å²) in [5.74, 6) is 0. The summed E-state index contributed by atoms with van der Waals surface area (Å²) in [4.78, 5) is 2.37. The van der Waals surface area contributed by atoms with Gasteiger partial charge >= 0.3 is 0 Å². The smallest absolute Gasteiger partial charge is 0.0462 e. The molecule has 0 amide bonds. The molecule has 11 rings (SSSR count). The first kappa shape index (κ1) is 32.0. The molecule has 258 valence electrons. The summed E-state index contributed by atoms with van der Waals surface area (Å²) < 4.78 is 5.39. The van der Waals surface area contributed by atoms with Gasteiger partial charge in [-0.1, -0.05) is 146 Å². The molecule has 3 heteroatoms. The Morgan fingerprint density at radius 1 is 0.291 bits per heavy atom. The fourth-order valence-electron chi connectivity index (χ4n) is 8.26. The highest BCUT2D eigenvalue weighted by Crippen LogP contribution is 2.47. The molecule has 11 aromatic rings. The van der Waals surface area contributed by atoms with Crippen LogP contribution >= 0.6 is 22.7 Å². The predicted octanol–water partition coefficient (Wildman–Crippen LogP) is 16.0. The van der Waals surface area contributed by atoms with Crippen LogP contribution in [0, 0.1) is 0 Å². The number of hydrogen-bond acceptors (Lipinski definition) is 3. The number of fused-ring (bicyclic) bond motifs is 8. The number of benzene rings is 9. The van der Waals surface area contributed by atoms with E-state index in [2.05, 4.69) is 205 Å². The molecule has 0 unspecified atom stereocenters. The normalized spacial score (nSPS) is 11.6. The third-order valence-electron chi connectivity index (χ3n) is 10.9. The van der Waals surface area contributed by atoms with Gasteiger partial charge in [0.25, 0.3) is 0 Å². The third-order valence-corrected chi connectivity index (χ3v) is 13.2. The molecule has 0 atom stereocenters. The van der Waals surface area contributed by atoms with Crippen molar-refractivity contribution >= 4 is 90.9 Å². The number of anilines is 3. The van der Waals surface area contributed by atoms with Gasteiger partial charge in [-0.05, 0) is 98.8 Å². The van der Waals surface area contributed by atoms with Crippen molar-refractivity contribution in [2.45, 2.75) is 0 Å². The minimum absolute atomic E-state index is 1.11. The van der Waals surface area contributed by atoms with Crippen LogP contribution in [0.4, 0.5) is 17.1 Å². The molecular weight excluding hydrogens is 703 g/mol. The Kier molecular flexibility index (Phi) is 7.61. The average Bonchev–Trinajstić information content (AvgIpc) is 3.83. The molecule has 1 nitrogen and oxygen atoms in total. The van der Waals surface area contributed by atoms with E-state index in [1.807, 2.05) is 22.7 Å². The summed E-state index contributed by atoms with van der Waals surface area (Å²) in [5, 5.41) is 7.94. The van der Waals surface area contributed by atoms with Gasteiger partial charge in [-0.15, -0.1) is 22.7 Å². The number of rotatable bonds is 6. The summed E-state index contributed by atoms with van der Waals surface area (Å²) in [6.45, 7) is 0. The molecule has 55 heavy (non-hydrogen) atoms. The van der Waals surface area contributed by atoms with Crippen molar-refractivity contribution in [2.75, 3.05) is 4.90 Å². The van der Waals surface area contributed by atoms with Gasteiger partial charge in [0.15, 0.2) is 0 Å². The second-order valence-electron chi connectivity index (χ2n) is 14.1. The molecule has 0 saturated heterocycles. The molecule has 0 aliphatic rings. The van der Waals surface area contributed by atoms with Crippen molar-refractivity contribution in [3.05, 3.63) is 200 Å². The van der Waals surface area contributed by atoms with Crippen LogP contribution in [0.25, 0.3) is 84.5 Å². The van der Waals surface area contributed by atoms with Gasteiger partial charge in [0, 0.05) is 57.4 Å². The number of hydrogen-bond donors (Lipinski definition) is 0. The van der Waals surface area contributed by atoms with Crippen LogP contribution in [0.1, 0.15) is 0 Å². The van der Waals surface area contributed by atoms with Crippen molar-refractivity contribution < 1.29 is 0 Å². The first-order chi connectivity index (χ1) is 27.3. The number of nitrogens with zero attached hydrogens (tertiary/aromatic N) is 1. The molecular formula is C52H33NS2. The van der Waals surface area contributed by atoms with Crippen LogP contribution in [-0.2, 0) is 0 Å². The lowest BCUT2D eigenvalue weighted by Crippen LogP contribution is -2.09. The molecule has 2 heterocycles. The van der Waals surface area contributed by atoms with Gasteiger partial charge in [0.2, 0.25) is 0 Å². The maximum Gasteiger partial charge on any atom is 0.0462 e. The minimum Gasteiger partial charge on any atom is -0.311 e. The Hall–Kier alpha value is -6.52. The highest BCUT2D eigenvalue weighted by molar-refractivity contribution is 7.29. The second-order valence-corrected chi connectivity index (χ2v) is 16.2. The molecule has 0 N–H and O–H groups in total. The van der Waals surface area contributed by atoms with Crippen molar-refractivity contribution in [2.24, 2.45) is 0 Å². The van der Waals surface area contributed by atoms with Crippen LogP contribution < -0.4 is 4.90 Å². The van der Waals surface area contributed by atoms with E-state index in [4.69, 9.17) is 0 Å². The number of thiophene rings is 2. The predicted molar refractivity (Wildman–Crippen MR) is 241 cm³/mol. The van der Waals surface area contributed by atoms with Crippen molar-refractivity contribution in [1.82, 2.24) is 0 Å². The Labute approximate surface area is 327 Å². The largest absolute Gasteiger partial charge is 0.311 e. The molecule has 0 aliphatic heterocycles. The van der Waals surface area contributed by atoms with E-state index in [1.165, 1.54) is 84.5 Å². The van der Waals surface area contributed by atoms with Gasteiger partial charge in [-0.25, -0.2) is 0 Å². The molecule has 0 saturated carbocycles. The third kappa shape index (κ3) is 5.43. The van der Waals surface area contributed by atoms with E-state index in [1.54, 1.807) is 0 Å². The van der Waals surface area contributed by atoms with Crippen molar-refractivity contribution in [1.29, 1.82) is 0 Å². The van der Waals surface area contributed by atoms with E-state index >= 15 is 0 Å². The van der Waals surface area contributed by atoms with Gasteiger partial charge in [0.1, 0.15) is 0 Å². The van der Waals surface area contributed by atoms with Gasteiger partial charge in [0.05, 0.1) is 0 Å². The van der Waals surface area contributed by atoms with Crippen LogP contribution in [0.2, 0.25) is 0 Å². The lowest BCUT2D eigenvalue weighted by Gasteiger charge is -2.26. The Morgan fingerprint density at radius 2 is 0.818 bits per heavy atom. The first-order valence-corrected chi connectivity index (χ1v) is 20.3. The fraction of sp³-hybridized carbons (Fsp3) is 0. The van der Waals surface area contributed by atoms with Crippen LogP contribution in [0.3, 0.4) is 0 Å². The van der Waals surface area contributed by atoms with Crippen LogP contribution in [0.15, 0.2) is 200 Å². The first-order valence-electron chi connectivity index (χ1n) is 18.7. The second kappa shape index (κ2) is 13.1. The highest BCUT2D eigenvalue weighted by atomic mass is 32.1. The highest BCUT2D eigenvalue weighted by Gasteiger charge is 2.18. The maximum absolute atomic E-state index is 2.37. The summed E-state index contributed by atoms with van der Waals surface area (Å²) in [6, 6.07) is 73.1. The molecule has 0 fully saturated rings. The zero-order chi connectivity index (χ0) is 36.3. The van der Waals surface area contributed by atoms with Gasteiger partial charge < -0.3 is 4.90 Å².